The Labute approximate surface area is 117 Å². The maximum atomic E-state index is 13.2. The first kappa shape index (κ1) is 14.0. The topological polar surface area (TPSA) is 48.1 Å². The van der Waals surface area contributed by atoms with Gasteiger partial charge in [0.25, 0.3) is 0 Å². The Balaban J connectivity index is 2.02. The fraction of sp³-hybridized carbons (Fsp3) is 0.188. The van der Waals surface area contributed by atoms with Gasteiger partial charge < -0.3 is 10.5 Å². The van der Waals surface area contributed by atoms with E-state index in [-0.39, 0.29) is 12.4 Å². The molecule has 0 aliphatic rings. The van der Waals surface area contributed by atoms with Gasteiger partial charge in [-0.1, -0.05) is 11.8 Å². The third kappa shape index (κ3) is 4.08. The molecule has 0 spiro atoms. The van der Waals surface area contributed by atoms with E-state index in [2.05, 4.69) is 16.8 Å². The summed E-state index contributed by atoms with van der Waals surface area (Å²) in [5.41, 5.74) is 6.98. The maximum Gasteiger partial charge on any atom is 0.135 e. The summed E-state index contributed by atoms with van der Waals surface area (Å²) < 4.78 is 18.9. The van der Waals surface area contributed by atoms with Crippen molar-refractivity contribution in [3.8, 4) is 17.6 Å². The number of nitrogens with zero attached hydrogens (tertiary/aromatic N) is 1. The van der Waals surface area contributed by atoms with Gasteiger partial charge in [-0.15, -0.1) is 0 Å². The van der Waals surface area contributed by atoms with Crippen LogP contribution in [0.5, 0.6) is 5.75 Å². The van der Waals surface area contributed by atoms with Gasteiger partial charge in [0.2, 0.25) is 0 Å². The van der Waals surface area contributed by atoms with Crippen LogP contribution < -0.4 is 10.5 Å². The summed E-state index contributed by atoms with van der Waals surface area (Å²) in [7, 11) is 0. The number of nitrogens with two attached hydrogens (primary N) is 1. The van der Waals surface area contributed by atoms with E-state index >= 15 is 0 Å². The van der Waals surface area contributed by atoms with Crippen molar-refractivity contribution >= 4 is 0 Å². The minimum Gasteiger partial charge on any atom is -0.492 e. The molecule has 1 aromatic heterocycles. The van der Waals surface area contributed by atoms with Gasteiger partial charge in [-0.3, -0.25) is 4.98 Å². The van der Waals surface area contributed by atoms with E-state index < -0.39 is 0 Å². The molecule has 2 N–H and O–H groups in total. The van der Waals surface area contributed by atoms with Crippen molar-refractivity contribution in [3.05, 3.63) is 59.7 Å². The van der Waals surface area contributed by atoms with Crippen LogP contribution in [0.1, 0.15) is 11.1 Å². The molecule has 4 heteroatoms. The second-order valence-electron chi connectivity index (χ2n) is 4.10. The monoisotopic (exact) mass is 270 g/mol. The molecular weight excluding hydrogens is 255 g/mol. The minimum atomic E-state index is -0.340. The Hall–Kier alpha value is -2.38. The molecule has 0 radical (unpaired) electrons. The van der Waals surface area contributed by atoms with Crippen molar-refractivity contribution in [1.29, 1.82) is 0 Å². The van der Waals surface area contributed by atoms with Crippen LogP contribution in [0.2, 0.25) is 0 Å². The lowest BCUT2D eigenvalue weighted by molar-refractivity contribution is 0.320. The van der Waals surface area contributed by atoms with Gasteiger partial charge in [0.1, 0.15) is 11.6 Å². The Morgan fingerprint density at radius 1 is 1.20 bits per heavy atom. The quantitative estimate of drug-likeness (QED) is 0.866. The molecule has 1 aromatic carbocycles. The molecule has 102 valence electrons. The highest BCUT2D eigenvalue weighted by atomic mass is 19.1. The van der Waals surface area contributed by atoms with E-state index in [1.165, 1.54) is 12.1 Å². The standard InChI is InChI=1S/C16H15FN2O/c17-15-3-4-16(14(12-15)2-1-8-18)20-11-7-13-5-9-19-10-6-13/h3-6,9-10,12H,7-8,11,18H2. The zero-order valence-electron chi connectivity index (χ0n) is 11.0. The van der Waals surface area contributed by atoms with Gasteiger partial charge in [0, 0.05) is 18.8 Å². The molecule has 2 rings (SSSR count). The maximum absolute atomic E-state index is 13.2. The lowest BCUT2D eigenvalue weighted by Gasteiger charge is -2.08. The fourth-order valence-corrected chi connectivity index (χ4v) is 1.70. The van der Waals surface area contributed by atoms with Crippen molar-refractivity contribution in [2.75, 3.05) is 13.2 Å². The molecule has 20 heavy (non-hydrogen) atoms. The second-order valence-corrected chi connectivity index (χ2v) is 4.10. The molecular formula is C16H15FN2O. The molecule has 0 fully saturated rings. The van der Waals surface area contributed by atoms with Crippen molar-refractivity contribution in [2.45, 2.75) is 6.42 Å². The highest BCUT2D eigenvalue weighted by Crippen LogP contribution is 2.19. The first-order chi connectivity index (χ1) is 9.79. The number of hydrogen-bond acceptors (Lipinski definition) is 3. The molecule has 0 unspecified atom stereocenters. The molecule has 0 aliphatic heterocycles. The largest absolute Gasteiger partial charge is 0.492 e. The van der Waals surface area contributed by atoms with Gasteiger partial charge in [-0.25, -0.2) is 4.39 Å². The second kappa shape index (κ2) is 7.27. The molecule has 0 saturated heterocycles. The van der Waals surface area contributed by atoms with Crippen LogP contribution in [0.15, 0.2) is 42.7 Å². The SMILES string of the molecule is NCC#Cc1cc(F)ccc1OCCc1ccncc1. The molecule has 0 aliphatic carbocycles. The van der Waals surface area contributed by atoms with Crippen LogP contribution in [0.3, 0.4) is 0 Å². The average Bonchev–Trinajstić information content (AvgIpc) is 2.48. The van der Waals surface area contributed by atoms with Gasteiger partial charge in [-0.2, -0.15) is 0 Å². The zero-order valence-corrected chi connectivity index (χ0v) is 11.0. The van der Waals surface area contributed by atoms with Gasteiger partial charge in [0.15, 0.2) is 0 Å². The summed E-state index contributed by atoms with van der Waals surface area (Å²) in [5.74, 6) is 5.75. The van der Waals surface area contributed by atoms with E-state index in [1.807, 2.05) is 12.1 Å². The number of benzene rings is 1. The summed E-state index contributed by atoms with van der Waals surface area (Å²) in [6, 6.07) is 8.16. The van der Waals surface area contributed by atoms with Crippen LogP contribution in [-0.2, 0) is 6.42 Å². The fourth-order valence-electron chi connectivity index (χ4n) is 1.70. The zero-order chi connectivity index (χ0) is 14.2. The highest BCUT2D eigenvalue weighted by molar-refractivity contribution is 5.46. The molecule has 0 atom stereocenters. The number of aromatic nitrogens is 1. The summed E-state index contributed by atoms with van der Waals surface area (Å²) >= 11 is 0. The van der Waals surface area contributed by atoms with E-state index in [0.29, 0.717) is 17.9 Å². The summed E-state index contributed by atoms with van der Waals surface area (Å²) in [6.45, 7) is 0.722. The minimum absolute atomic E-state index is 0.229. The molecule has 2 aromatic rings. The third-order valence-corrected chi connectivity index (χ3v) is 2.66. The predicted molar refractivity (Wildman–Crippen MR) is 75.8 cm³/mol. The van der Waals surface area contributed by atoms with Gasteiger partial charge >= 0.3 is 0 Å². The lowest BCUT2D eigenvalue weighted by atomic mass is 10.2. The van der Waals surface area contributed by atoms with Gasteiger partial charge in [-0.05, 0) is 35.9 Å². The van der Waals surface area contributed by atoms with Crippen molar-refractivity contribution in [1.82, 2.24) is 4.98 Å². The van der Waals surface area contributed by atoms with Crippen LogP contribution >= 0.6 is 0 Å². The number of hydrogen-bond donors (Lipinski definition) is 1. The number of pyridine rings is 1. The Morgan fingerprint density at radius 2 is 2.00 bits per heavy atom. The van der Waals surface area contributed by atoms with Crippen LogP contribution in [0.4, 0.5) is 4.39 Å². The lowest BCUT2D eigenvalue weighted by Crippen LogP contribution is -2.03. The number of ether oxygens (including phenoxy) is 1. The number of halogens is 1. The van der Waals surface area contributed by atoms with E-state index in [1.54, 1.807) is 18.5 Å². The Kier molecular flexibility index (Phi) is 5.10. The van der Waals surface area contributed by atoms with Crippen LogP contribution in [-0.4, -0.2) is 18.1 Å². The van der Waals surface area contributed by atoms with Crippen molar-refractivity contribution in [2.24, 2.45) is 5.73 Å². The van der Waals surface area contributed by atoms with Crippen molar-refractivity contribution < 1.29 is 9.13 Å². The highest BCUT2D eigenvalue weighted by Gasteiger charge is 2.03. The first-order valence-corrected chi connectivity index (χ1v) is 6.30. The van der Waals surface area contributed by atoms with E-state index in [4.69, 9.17) is 10.5 Å². The smallest absolute Gasteiger partial charge is 0.135 e. The number of rotatable bonds is 4. The third-order valence-electron chi connectivity index (χ3n) is 2.66. The first-order valence-electron chi connectivity index (χ1n) is 6.30. The summed E-state index contributed by atoms with van der Waals surface area (Å²) in [4.78, 5) is 3.96. The van der Waals surface area contributed by atoms with E-state index in [9.17, 15) is 4.39 Å². The van der Waals surface area contributed by atoms with Crippen LogP contribution in [0, 0.1) is 17.7 Å². The molecule has 0 amide bonds. The Bertz CT molecular complexity index is 617. The summed E-state index contributed by atoms with van der Waals surface area (Å²) in [5, 5.41) is 0. The van der Waals surface area contributed by atoms with Gasteiger partial charge in [0.05, 0.1) is 18.7 Å². The molecule has 1 heterocycles. The molecule has 0 saturated carbocycles. The summed E-state index contributed by atoms with van der Waals surface area (Å²) in [6.07, 6.45) is 4.24. The molecule has 0 bridgehead atoms. The Morgan fingerprint density at radius 3 is 2.75 bits per heavy atom. The predicted octanol–water partition coefficient (Wildman–Crippen LogP) is 2.15. The van der Waals surface area contributed by atoms with Crippen molar-refractivity contribution in [3.63, 3.8) is 0 Å². The normalized spacial score (nSPS) is 9.70. The van der Waals surface area contributed by atoms with Crippen LogP contribution in [0.25, 0.3) is 0 Å². The van der Waals surface area contributed by atoms with E-state index in [0.717, 1.165) is 12.0 Å². The molecule has 3 nitrogen and oxygen atoms in total. The average molecular weight is 270 g/mol.